The van der Waals surface area contributed by atoms with Gasteiger partial charge in [-0.05, 0) is 36.4 Å². The van der Waals surface area contributed by atoms with Gasteiger partial charge in [-0.15, -0.1) is 0 Å². The third kappa shape index (κ3) is 3.90. The van der Waals surface area contributed by atoms with E-state index in [2.05, 4.69) is 0 Å². The van der Waals surface area contributed by atoms with Gasteiger partial charge < -0.3 is 9.47 Å². The van der Waals surface area contributed by atoms with Gasteiger partial charge in [0.05, 0.1) is 12.2 Å². The van der Waals surface area contributed by atoms with Gasteiger partial charge in [-0.2, -0.15) is 13.2 Å². The van der Waals surface area contributed by atoms with Crippen LogP contribution in [-0.4, -0.2) is 25.1 Å². The number of halogens is 3. The van der Waals surface area contributed by atoms with Crippen LogP contribution in [0, 0.1) is 0 Å². The number of carbonyl (C=O) groups excluding carboxylic acids is 1. The minimum absolute atomic E-state index is 0.000117. The van der Waals surface area contributed by atoms with Crippen LogP contribution in [0.4, 0.5) is 13.2 Å². The molecular formula is C17H13F3O3. The van der Waals surface area contributed by atoms with E-state index in [1.807, 2.05) is 0 Å². The molecule has 1 unspecified atom stereocenters. The summed E-state index contributed by atoms with van der Waals surface area (Å²) in [5, 5.41) is 0. The molecule has 23 heavy (non-hydrogen) atoms. The van der Waals surface area contributed by atoms with Crippen LogP contribution < -0.4 is 4.74 Å². The van der Waals surface area contributed by atoms with Crippen LogP contribution in [0.1, 0.15) is 21.5 Å². The number of alkyl halides is 3. The molecule has 0 radical (unpaired) electrons. The molecule has 3 nitrogen and oxygen atoms in total. The maximum atomic E-state index is 12.7. The molecule has 120 valence electrons. The first-order chi connectivity index (χ1) is 10.9. The zero-order chi connectivity index (χ0) is 16.4. The molecule has 6 heteroatoms. The normalized spacial score (nSPS) is 16.9. The maximum Gasteiger partial charge on any atom is 0.416 e. The fraction of sp³-hybridized carbons (Fsp3) is 0.235. The molecule has 1 saturated heterocycles. The van der Waals surface area contributed by atoms with Crippen LogP contribution in [0.3, 0.4) is 0 Å². The van der Waals surface area contributed by atoms with E-state index in [-0.39, 0.29) is 11.7 Å². The van der Waals surface area contributed by atoms with Gasteiger partial charge in [-0.25, -0.2) is 0 Å². The molecule has 1 heterocycles. The lowest BCUT2D eigenvalue weighted by atomic mass is 10.0. The predicted molar refractivity (Wildman–Crippen MR) is 76.6 cm³/mol. The summed E-state index contributed by atoms with van der Waals surface area (Å²) in [6.07, 6.45) is -4.35. The van der Waals surface area contributed by atoms with Crippen molar-refractivity contribution in [3.63, 3.8) is 0 Å². The van der Waals surface area contributed by atoms with Crippen LogP contribution in [-0.2, 0) is 10.9 Å². The van der Waals surface area contributed by atoms with Crippen molar-refractivity contribution in [1.29, 1.82) is 0 Å². The molecule has 0 bridgehead atoms. The number of benzene rings is 2. The maximum absolute atomic E-state index is 12.7. The SMILES string of the molecule is O=C(c1ccc(OCC2CO2)cc1)c1cccc(C(F)(F)F)c1. The Morgan fingerprint density at radius 1 is 1.13 bits per heavy atom. The van der Waals surface area contributed by atoms with Crippen molar-refractivity contribution in [2.24, 2.45) is 0 Å². The quantitative estimate of drug-likeness (QED) is 0.622. The number of epoxide rings is 1. The summed E-state index contributed by atoms with van der Waals surface area (Å²) in [6, 6.07) is 10.7. The van der Waals surface area contributed by atoms with Gasteiger partial charge in [-0.3, -0.25) is 4.79 Å². The number of rotatable bonds is 5. The van der Waals surface area contributed by atoms with Gasteiger partial charge in [0.2, 0.25) is 0 Å². The molecule has 1 atom stereocenters. The van der Waals surface area contributed by atoms with Crippen LogP contribution >= 0.6 is 0 Å². The molecule has 2 aromatic carbocycles. The van der Waals surface area contributed by atoms with Crippen LogP contribution in [0.15, 0.2) is 48.5 Å². The van der Waals surface area contributed by atoms with Gasteiger partial charge in [0.15, 0.2) is 5.78 Å². The first-order valence-electron chi connectivity index (χ1n) is 7.00. The molecular weight excluding hydrogens is 309 g/mol. The van der Waals surface area contributed by atoms with E-state index < -0.39 is 17.5 Å². The van der Waals surface area contributed by atoms with Crippen molar-refractivity contribution in [1.82, 2.24) is 0 Å². The van der Waals surface area contributed by atoms with Crippen molar-refractivity contribution in [2.75, 3.05) is 13.2 Å². The van der Waals surface area contributed by atoms with E-state index >= 15 is 0 Å². The summed E-state index contributed by atoms with van der Waals surface area (Å²) < 4.78 is 48.6. The van der Waals surface area contributed by atoms with Gasteiger partial charge in [-0.1, -0.05) is 12.1 Å². The summed E-state index contributed by atoms with van der Waals surface area (Å²) in [4.78, 5) is 12.3. The monoisotopic (exact) mass is 322 g/mol. The van der Waals surface area contributed by atoms with E-state index in [9.17, 15) is 18.0 Å². The number of hydrogen-bond donors (Lipinski definition) is 0. The highest BCUT2D eigenvalue weighted by atomic mass is 19.4. The molecule has 1 fully saturated rings. The van der Waals surface area contributed by atoms with E-state index in [1.165, 1.54) is 24.3 Å². The molecule has 0 aliphatic carbocycles. The highest BCUT2D eigenvalue weighted by Crippen LogP contribution is 2.30. The first kappa shape index (κ1) is 15.6. The average Bonchev–Trinajstić information content (AvgIpc) is 3.36. The summed E-state index contributed by atoms with van der Waals surface area (Å²) in [5.74, 6) is 0.120. The van der Waals surface area contributed by atoms with E-state index in [1.54, 1.807) is 12.1 Å². The van der Waals surface area contributed by atoms with E-state index in [4.69, 9.17) is 9.47 Å². The van der Waals surface area contributed by atoms with Crippen molar-refractivity contribution >= 4 is 5.78 Å². The Kier molecular flexibility index (Phi) is 4.09. The van der Waals surface area contributed by atoms with E-state index in [0.29, 0.717) is 24.5 Å². The lowest BCUT2D eigenvalue weighted by Gasteiger charge is -2.09. The topological polar surface area (TPSA) is 38.8 Å². The molecule has 0 amide bonds. The Hall–Kier alpha value is -2.34. The fourth-order valence-corrected chi connectivity index (χ4v) is 2.06. The summed E-state index contributed by atoms with van der Waals surface area (Å²) in [5.41, 5.74) is -0.535. The van der Waals surface area contributed by atoms with Crippen molar-refractivity contribution < 1.29 is 27.4 Å². The number of ether oxygens (including phenoxy) is 2. The number of carbonyl (C=O) groups is 1. The fourth-order valence-electron chi connectivity index (χ4n) is 2.06. The van der Waals surface area contributed by atoms with Gasteiger partial charge in [0, 0.05) is 11.1 Å². The second-order valence-electron chi connectivity index (χ2n) is 5.20. The Bertz CT molecular complexity index is 704. The standard InChI is InChI=1S/C17H13F3O3/c18-17(19,20)13-3-1-2-12(8-13)16(21)11-4-6-14(7-5-11)22-9-15-10-23-15/h1-8,15H,9-10H2. The largest absolute Gasteiger partial charge is 0.491 e. The van der Waals surface area contributed by atoms with Crippen molar-refractivity contribution in [3.05, 3.63) is 65.2 Å². The van der Waals surface area contributed by atoms with Gasteiger partial charge >= 0.3 is 6.18 Å². The highest BCUT2D eigenvalue weighted by molar-refractivity contribution is 6.09. The molecule has 0 saturated carbocycles. The smallest absolute Gasteiger partial charge is 0.416 e. The Morgan fingerprint density at radius 3 is 2.43 bits per heavy atom. The van der Waals surface area contributed by atoms with Crippen molar-refractivity contribution in [2.45, 2.75) is 12.3 Å². The minimum Gasteiger partial charge on any atom is -0.491 e. The summed E-state index contributed by atoms with van der Waals surface area (Å²) >= 11 is 0. The predicted octanol–water partition coefficient (Wildman–Crippen LogP) is 3.71. The second kappa shape index (κ2) is 6.04. The molecule has 1 aliphatic heterocycles. The van der Waals surface area contributed by atoms with Crippen LogP contribution in [0.2, 0.25) is 0 Å². The van der Waals surface area contributed by atoms with Gasteiger partial charge in [0.25, 0.3) is 0 Å². The second-order valence-corrected chi connectivity index (χ2v) is 5.20. The van der Waals surface area contributed by atoms with E-state index in [0.717, 1.165) is 12.1 Å². The number of hydrogen-bond acceptors (Lipinski definition) is 3. The summed E-state index contributed by atoms with van der Waals surface area (Å²) in [7, 11) is 0. The minimum atomic E-state index is -4.47. The lowest BCUT2D eigenvalue weighted by molar-refractivity contribution is -0.137. The lowest BCUT2D eigenvalue weighted by Crippen LogP contribution is -2.08. The molecule has 1 aliphatic rings. The Morgan fingerprint density at radius 2 is 1.83 bits per heavy atom. The highest BCUT2D eigenvalue weighted by Gasteiger charge is 2.31. The molecule has 2 aromatic rings. The average molecular weight is 322 g/mol. The number of ketones is 1. The van der Waals surface area contributed by atoms with Crippen LogP contribution in [0.5, 0.6) is 5.75 Å². The zero-order valence-electron chi connectivity index (χ0n) is 12.0. The Labute approximate surface area is 130 Å². The summed E-state index contributed by atoms with van der Waals surface area (Å²) in [6.45, 7) is 1.13. The molecule has 0 spiro atoms. The van der Waals surface area contributed by atoms with Crippen molar-refractivity contribution in [3.8, 4) is 5.75 Å². The Balaban J connectivity index is 1.74. The molecule has 0 aromatic heterocycles. The van der Waals surface area contributed by atoms with Gasteiger partial charge in [0.1, 0.15) is 18.5 Å². The molecule has 3 rings (SSSR count). The third-order valence-electron chi connectivity index (χ3n) is 3.41. The van der Waals surface area contributed by atoms with Crippen LogP contribution in [0.25, 0.3) is 0 Å². The third-order valence-corrected chi connectivity index (χ3v) is 3.41. The molecule has 0 N–H and O–H groups in total. The first-order valence-corrected chi connectivity index (χ1v) is 7.00. The zero-order valence-corrected chi connectivity index (χ0v) is 12.0.